The second-order valence-electron chi connectivity index (χ2n) is 5.60. The van der Waals surface area contributed by atoms with E-state index in [2.05, 4.69) is 10.1 Å². The van der Waals surface area contributed by atoms with E-state index in [1.807, 2.05) is 0 Å². The van der Waals surface area contributed by atoms with Crippen molar-refractivity contribution in [2.75, 3.05) is 32.6 Å². The van der Waals surface area contributed by atoms with Gasteiger partial charge in [-0.3, -0.25) is 13.6 Å². The number of hydrogen-bond donors (Lipinski definition) is 3. The van der Waals surface area contributed by atoms with Crippen LogP contribution in [0.1, 0.15) is 12.3 Å². The summed E-state index contributed by atoms with van der Waals surface area (Å²) in [7, 11) is -1.99. The van der Waals surface area contributed by atoms with Gasteiger partial charge in [0.05, 0.1) is 18.5 Å². The molecule has 0 spiro atoms. The van der Waals surface area contributed by atoms with Crippen LogP contribution >= 0.6 is 19.5 Å². The Labute approximate surface area is 160 Å². The molecule has 3 heterocycles. The molecule has 5 atom stereocenters. The van der Waals surface area contributed by atoms with Gasteiger partial charge in [-0.25, -0.2) is 14.4 Å². The number of nitrogens with one attached hydrogen (secondary N) is 1. The summed E-state index contributed by atoms with van der Waals surface area (Å²) in [6.45, 7) is 2.22. The van der Waals surface area contributed by atoms with Gasteiger partial charge in [0, 0.05) is 19.9 Å². The molecule has 2 aliphatic rings. The molecular formula is C14H23N4O7PS. The number of ether oxygens (including phenoxy) is 1. The van der Waals surface area contributed by atoms with Gasteiger partial charge in [0.15, 0.2) is 0 Å². The first kappa shape index (κ1) is 22.0. The van der Waals surface area contributed by atoms with Crippen LogP contribution in [0.3, 0.4) is 0 Å². The average Bonchev–Trinajstić information content (AvgIpc) is 2.92. The maximum Gasteiger partial charge on any atom is 0.406 e. The van der Waals surface area contributed by atoms with E-state index >= 15 is 0 Å². The van der Waals surface area contributed by atoms with Crippen molar-refractivity contribution in [3.63, 3.8) is 0 Å². The zero-order valence-corrected chi connectivity index (χ0v) is 16.6. The lowest BCUT2D eigenvalue weighted by atomic mass is 10.1. The minimum atomic E-state index is -3.51. The summed E-state index contributed by atoms with van der Waals surface area (Å²) < 4.78 is 29.5. The summed E-state index contributed by atoms with van der Waals surface area (Å²) >= 11 is 1.31. The van der Waals surface area contributed by atoms with E-state index in [4.69, 9.17) is 24.3 Å². The van der Waals surface area contributed by atoms with Gasteiger partial charge in [0.2, 0.25) is 0 Å². The number of hydrogen-bond acceptors (Lipinski definition) is 10. The van der Waals surface area contributed by atoms with Gasteiger partial charge in [-0.15, -0.1) is 11.8 Å². The van der Waals surface area contributed by atoms with Gasteiger partial charge in [0.25, 0.3) is 0 Å². The SMILES string of the molecule is CC=O.COCCNP1(=O)OCC2SC(n3ccc(N)nc3=O)C(O)[C@@H]2O1. The van der Waals surface area contributed by atoms with Crippen molar-refractivity contribution in [3.8, 4) is 0 Å². The number of aliphatic hydroxyl groups is 1. The molecular weight excluding hydrogens is 399 g/mol. The van der Waals surface area contributed by atoms with Gasteiger partial charge in [-0.1, -0.05) is 0 Å². The Bertz CT molecular complexity index is 748. The number of carbonyl (C=O) groups is 1. The van der Waals surface area contributed by atoms with E-state index in [-0.39, 0.29) is 17.7 Å². The second-order valence-corrected chi connectivity index (χ2v) is 8.74. The Morgan fingerprint density at radius 2 is 2.33 bits per heavy atom. The number of nitrogens with two attached hydrogens (primary N) is 1. The van der Waals surface area contributed by atoms with E-state index in [9.17, 15) is 14.5 Å². The lowest BCUT2D eigenvalue weighted by Gasteiger charge is -2.32. The Hall–Kier alpha value is -1.27. The summed E-state index contributed by atoms with van der Waals surface area (Å²) in [5, 5.41) is 12.3. The van der Waals surface area contributed by atoms with Crippen LogP contribution in [0.25, 0.3) is 0 Å². The Kier molecular flexibility index (Phi) is 7.98. The topological polar surface area (TPSA) is 155 Å². The number of aldehydes is 1. The molecule has 0 aliphatic carbocycles. The van der Waals surface area contributed by atoms with Gasteiger partial charge in [-0.2, -0.15) is 4.98 Å². The van der Waals surface area contributed by atoms with Crippen LogP contribution < -0.4 is 16.5 Å². The van der Waals surface area contributed by atoms with Crippen LogP contribution in [-0.2, 0) is 23.1 Å². The van der Waals surface area contributed by atoms with Gasteiger partial charge in [0.1, 0.15) is 29.7 Å². The lowest BCUT2D eigenvalue weighted by Crippen LogP contribution is -2.41. The quantitative estimate of drug-likeness (QED) is 0.327. The van der Waals surface area contributed by atoms with Crippen LogP contribution in [0.5, 0.6) is 0 Å². The highest BCUT2D eigenvalue weighted by Gasteiger charge is 2.52. The summed E-state index contributed by atoms with van der Waals surface area (Å²) in [6, 6.07) is 1.48. The van der Waals surface area contributed by atoms with Gasteiger partial charge < -0.3 is 20.4 Å². The van der Waals surface area contributed by atoms with Gasteiger partial charge in [-0.05, 0) is 13.0 Å². The van der Waals surface area contributed by atoms with Crippen LogP contribution in [0, 0.1) is 0 Å². The van der Waals surface area contributed by atoms with Crippen molar-refractivity contribution < 1.29 is 28.3 Å². The third-order valence-corrected chi connectivity index (χ3v) is 6.88. The fraction of sp³-hybridized carbons (Fsp3) is 0.643. The molecule has 0 saturated carbocycles. The van der Waals surface area contributed by atoms with Crippen molar-refractivity contribution >= 4 is 31.6 Å². The molecule has 2 aliphatic heterocycles. The number of rotatable bonds is 5. The summed E-state index contributed by atoms with van der Waals surface area (Å²) in [5.74, 6) is 0.109. The normalized spacial score (nSPS) is 32.3. The standard InChI is InChI=1S/C12H19N4O6PS.C2H4O/c1-20-5-3-14-23(19)21-6-7-10(22-23)9(17)11(24-7)16-4-2-8(13)15-12(16)18;1-2-3/h2,4,7,9-11,17H,3,5-6H2,1H3,(H,14,19)(H2,13,15,18);2H,1H3/t7?,9?,10-,11?,23?;/m1./s1. The Morgan fingerprint density at radius 1 is 1.63 bits per heavy atom. The summed E-state index contributed by atoms with van der Waals surface area (Å²) in [6.07, 6.45) is 0.462. The zero-order valence-electron chi connectivity index (χ0n) is 14.9. The molecule has 4 unspecified atom stereocenters. The van der Waals surface area contributed by atoms with E-state index in [1.165, 1.54) is 42.6 Å². The number of thioether (sulfide) groups is 1. The highest BCUT2D eigenvalue weighted by atomic mass is 32.2. The van der Waals surface area contributed by atoms with Crippen LogP contribution in [-0.4, -0.2) is 65.3 Å². The third kappa shape index (κ3) is 5.38. The number of methoxy groups -OCH3 is 1. The predicted molar refractivity (Wildman–Crippen MR) is 99.4 cm³/mol. The maximum atomic E-state index is 12.5. The molecule has 0 amide bonds. The second kappa shape index (κ2) is 9.78. The van der Waals surface area contributed by atoms with Crippen LogP contribution in [0.15, 0.2) is 17.1 Å². The first-order valence-electron chi connectivity index (χ1n) is 8.10. The van der Waals surface area contributed by atoms with E-state index in [0.29, 0.717) is 13.2 Å². The molecule has 2 fully saturated rings. The Balaban J connectivity index is 0.000000817. The highest BCUT2D eigenvalue weighted by molar-refractivity contribution is 8.00. The minimum Gasteiger partial charge on any atom is -0.387 e. The number of aliphatic hydroxyl groups excluding tert-OH is 1. The molecule has 0 radical (unpaired) electrons. The number of fused-ring (bicyclic) bond motifs is 1. The zero-order chi connectivity index (χ0) is 20.0. The summed E-state index contributed by atoms with van der Waals surface area (Å²) in [4.78, 5) is 24.4. The van der Waals surface area contributed by atoms with Crippen molar-refractivity contribution in [3.05, 3.63) is 22.7 Å². The van der Waals surface area contributed by atoms with E-state index < -0.39 is 31.0 Å². The maximum absolute atomic E-state index is 12.5. The van der Waals surface area contributed by atoms with Crippen LogP contribution in [0.4, 0.5) is 5.82 Å². The van der Waals surface area contributed by atoms with Crippen molar-refractivity contribution in [2.24, 2.45) is 0 Å². The molecule has 1 aromatic rings. The van der Waals surface area contributed by atoms with Crippen molar-refractivity contribution in [1.29, 1.82) is 0 Å². The predicted octanol–water partition coefficient (Wildman–Crippen LogP) is -0.235. The van der Waals surface area contributed by atoms with Crippen LogP contribution in [0.2, 0.25) is 0 Å². The number of aromatic nitrogens is 2. The molecule has 13 heteroatoms. The van der Waals surface area contributed by atoms with E-state index in [1.54, 1.807) is 0 Å². The molecule has 1 aromatic heterocycles. The highest BCUT2D eigenvalue weighted by Crippen LogP contribution is 2.56. The van der Waals surface area contributed by atoms with E-state index in [0.717, 1.165) is 6.29 Å². The first-order valence-corrected chi connectivity index (χ1v) is 10.6. The molecule has 3 rings (SSSR count). The van der Waals surface area contributed by atoms with Gasteiger partial charge >= 0.3 is 13.4 Å². The van der Waals surface area contributed by atoms with Crippen molar-refractivity contribution in [1.82, 2.24) is 14.6 Å². The molecule has 11 nitrogen and oxygen atoms in total. The average molecular weight is 422 g/mol. The molecule has 0 bridgehead atoms. The largest absolute Gasteiger partial charge is 0.406 e. The van der Waals surface area contributed by atoms with Crippen molar-refractivity contribution in [2.45, 2.75) is 29.8 Å². The smallest absolute Gasteiger partial charge is 0.387 e. The number of nitrogens with zero attached hydrogens (tertiary/aromatic N) is 2. The number of nitrogen functional groups attached to an aromatic ring is 1. The molecule has 152 valence electrons. The molecule has 4 N–H and O–H groups in total. The summed E-state index contributed by atoms with van der Waals surface area (Å²) in [5.41, 5.74) is 4.91. The number of carbonyl (C=O) groups excluding carboxylic acids is 1. The fourth-order valence-corrected chi connectivity index (χ4v) is 5.77. The molecule has 0 aromatic carbocycles. The lowest BCUT2D eigenvalue weighted by molar-refractivity contribution is -0.106. The molecule has 27 heavy (non-hydrogen) atoms. The third-order valence-electron chi connectivity index (χ3n) is 3.72. The molecule has 2 saturated heterocycles. The monoisotopic (exact) mass is 422 g/mol. The Morgan fingerprint density at radius 3 is 2.96 bits per heavy atom. The number of anilines is 1. The fourth-order valence-electron chi connectivity index (χ4n) is 2.56. The minimum absolute atomic E-state index is 0.109. The first-order chi connectivity index (χ1) is 12.8.